The van der Waals surface area contributed by atoms with Crippen molar-refractivity contribution in [2.45, 2.75) is 31.7 Å². The molecule has 1 aliphatic heterocycles. The highest BCUT2D eigenvalue weighted by Crippen LogP contribution is 2.40. The number of hydrogen-bond acceptors (Lipinski definition) is 3. The van der Waals surface area contributed by atoms with Gasteiger partial charge in [-0.3, -0.25) is 14.6 Å². The molecule has 0 radical (unpaired) electrons. The average Bonchev–Trinajstić information content (AvgIpc) is 2.48. The van der Waals surface area contributed by atoms with E-state index in [9.17, 15) is 4.79 Å². The van der Waals surface area contributed by atoms with E-state index in [0.717, 1.165) is 26.2 Å². The Labute approximate surface area is 126 Å². The molecule has 0 aromatic heterocycles. The van der Waals surface area contributed by atoms with Gasteiger partial charge in [0.15, 0.2) is 0 Å². The van der Waals surface area contributed by atoms with Gasteiger partial charge in [0.2, 0.25) is 0 Å². The first-order chi connectivity index (χ1) is 10.1. The van der Waals surface area contributed by atoms with Crippen molar-refractivity contribution in [3.63, 3.8) is 0 Å². The molecule has 4 heteroatoms. The minimum atomic E-state index is -0.722. The second kappa shape index (κ2) is 6.16. The molecule has 1 aromatic carbocycles. The Hall–Kier alpha value is -1.39. The van der Waals surface area contributed by atoms with Crippen molar-refractivity contribution in [2.75, 3.05) is 32.7 Å². The van der Waals surface area contributed by atoms with E-state index < -0.39 is 5.97 Å². The molecule has 1 fully saturated rings. The number of carboxylic acid groups (broad SMARTS) is 1. The fourth-order valence-electron chi connectivity index (χ4n) is 3.79. The van der Waals surface area contributed by atoms with E-state index in [1.165, 1.54) is 24.0 Å². The van der Waals surface area contributed by atoms with Gasteiger partial charge in [-0.2, -0.15) is 0 Å². The Balaban J connectivity index is 1.69. The zero-order valence-electron chi connectivity index (χ0n) is 12.7. The second-order valence-corrected chi connectivity index (χ2v) is 6.33. The van der Waals surface area contributed by atoms with Crippen LogP contribution in [0.2, 0.25) is 0 Å². The van der Waals surface area contributed by atoms with Crippen LogP contribution in [-0.2, 0) is 4.79 Å². The maximum absolute atomic E-state index is 10.8. The summed E-state index contributed by atoms with van der Waals surface area (Å²) in [6.07, 6.45) is 2.47. The molecule has 0 saturated carbocycles. The van der Waals surface area contributed by atoms with E-state index in [2.05, 4.69) is 36.1 Å². The molecule has 1 N–H and O–H groups in total. The molecular weight excluding hydrogens is 264 g/mol. The number of carbonyl (C=O) groups is 1. The second-order valence-electron chi connectivity index (χ2n) is 6.33. The minimum Gasteiger partial charge on any atom is -0.480 e. The van der Waals surface area contributed by atoms with Gasteiger partial charge in [-0.25, -0.2) is 0 Å². The van der Waals surface area contributed by atoms with Crippen LogP contribution in [0.25, 0.3) is 0 Å². The van der Waals surface area contributed by atoms with Gasteiger partial charge in [-0.05, 0) is 29.9 Å². The van der Waals surface area contributed by atoms with Gasteiger partial charge in [0.25, 0.3) is 0 Å². The van der Waals surface area contributed by atoms with E-state index in [-0.39, 0.29) is 6.54 Å². The lowest BCUT2D eigenvalue weighted by atomic mass is 9.80. The molecule has 1 aliphatic carbocycles. The Morgan fingerprint density at radius 1 is 1.14 bits per heavy atom. The molecule has 0 amide bonds. The monoisotopic (exact) mass is 288 g/mol. The largest absolute Gasteiger partial charge is 0.480 e. The Morgan fingerprint density at radius 2 is 1.81 bits per heavy atom. The van der Waals surface area contributed by atoms with Gasteiger partial charge < -0.3 is 5.11 Å². The van der Waals surface area contributed by atoms with Gasteiger partial charge in [-0.1, -0.05) is 31.2 Å². The molecule has 1 saturated heterocycles. The third-order valence-corrected chi connectivity index (χ3v) is 4.97. The van der Waals surface area contributed by atoms with Crippen molar-refractivity contribution in [1.82, 2.24) is 9.80 Å². The first kappa shape index (κ1) is 14.5. The third kappa shape index (κ3) is 3.11. The van der Waals surface area contributed by atoms with Crippen molar-refractivity contribution >= 4 is 5.97 Å². The fraction of sp³-hybridized carbons (Fsp3) is 0.588. The minimum absolute atomic E-state index is 0.173. The van der Waals surface area contributed by atoms with E-state index in [0.29, 0.717) is 12.0 Å². The Bertz CT molecular complexity index is 509. The molecular formula is C17H24N2O2. The predicted octanol–water partition coefficient (Wildman–Crippen LogP) is 2.33. The number of benzene rings is 1. The quantitative estimate of drug-likeness (QED) is 0.927. The van der Waals surface area contributed by atoms with Crippen LogP contribution in [0.5, 0.6) is 0 Å². The molecule has 2 unspecified atom stereocenters. The van der Waals surface area contributed by atoms with E-state index >= 15 is 0 Å². The SMILES string of the molecule is CC1CCC(N2CCN(CC(=O)O)CC2)c2ccccc21. The van der Waals surface area contributed by atoms with Crippen LogP contribution in [0.15, 0.2) is 24.3 Å². The molecule has 114 valence electrons. The zero-order chi connectivity index (χ0) is 14.8. The van der Waals surface area contributed by atoms with Gasteiger partial charge in [0.05, 0.1) is 6.54 Å². The van der Waals surface area contributed by atoms with Crippen LogP contribution in [0.4, 0.5) is 0 Å². The van der Waals surface area contributed by atoms with Crippen molar-refractivity contribution < 1.29 is 9.90 Å². The number of piperazine rings is 1. The van der Waals surface area contributed by atoms with Gasteiger partial charge in [-0.15, -0.1) is 0 Å². The predicted molar refractivity (Wildman–Crippen MR) is 82.5 cm³/mol. The highest BCUT2D eigenvalue weighted by Gasteiger charge is 2.30. The Kier molecular flexibility index (Phi) is 4.27. The van der Waals surface area contributed by atoms with Crippen molar-refractivity contribution in [3.8, 4) is 0 Å². The maximum atomic E-state index is 10.8. The van der Waals surface area contributed by atoms with Crippen LogP contribution in [0, 0.1) is 0 Å². The number of aliphatic carboxylic acids is 1. The summed E-state index contributed by atoms with van der Waals surface area (Å²) in [5.74, 6) is -0.0639. The van der Waals surface area contributed by atoms with Crippen LogP contribution >= 0.6 is 0 Å². The first-order valence-corrected chi connectivity index (χ1v) is 7.92. The molecule has 3 rings (SSSR count). The topological polar surface area (TPSA) is 43.8 Å². The molecule has 1 aromatic rings. The number of carboxylic acids is 1. The smallest absolute Gasteiger partial charge is 0.317 e. The summed E-state index contributed by atoms with van der Waals surface area (Å²) in [4.78, 5) is 15.4. The summed E-state index contributed by atoms with van der Waals surface area (Å²) in [6, 6.07) is 9.35. The van der Waals surface area contributed by atoms with Crippen LogP contribution < -0.4 is 0 Å². The molecule has 2 atom stereocenters. The average molecular weight is 288 g/mol. The normalized spacial score (nSPS) is 27.3. The summed E-state index contributed by atoms with van der Waals surface area (Å²) in [7, 11) is 0. The number of rotatable bonds is 3. The molecule has 4 nitrogen and oxygen atoms in total. The lowest BCUT2D eigenvalue weighted by molar-refractivity contribution is -0.138. The van der Waals surface area contributed by atoms with Crippen LogP contribution in [0.1, 0.15) is 42.9 Å². The number of nitrogens with zero attached hydrogens (tertiary/aromatic N) is 2. The summed E-state index contributed by atoms with van der Waals surface area (Å²) in [5.41, 5.74) is 2.99. The molecule has 1 heterocycles. The maximum Gasteiger partial charge on any atom is 0.317 e. The van der Waals surface area contributed by atoms with Crippen LogP contribution in [0.3, 0.4) is 0 Å². The first-order valence-electron chi connectivity index (χ1n) is 7.92. The Morgan fingerprint density at radius 3 is 2.48 bits per heavy atom. The number of fused-ring (bicyclic) bond motifs is 1. The standard InChI is InChI=1S/C17H24N2O2/c1-13-6-7-16(15-5-3-2-4-14(13)15)19-10-8-18(9-11-19)12-17(20)21/h2-5,13,16H,6-12H2,1H3,(H,20,21). The lowest BCUT2D eigenvalue weighted by Gasteiger charge is -2.42. The number of hydrogen-bond donors (Lipinski definition) is 1. The van der Waals surface area contributed by atoms with E-state index in [1.807, 2.05) is 4.90 Å². The van der Waals surface area contributed by atoms with Crippen molar-refractivity contribution in [2.24, 2.45) is 0 Å². The summed E-state index contributed by atoms with van der Waals surface area (Å²) in [5, 5.41) is 8.88. The van der Waals surface area contributed by atoms with Gasteiger partial charge >= 0.3 is 5.97 Å². The molecule has 0 spiro atoms. The molecule has 0 bridgehead atoms. The zero-order valence-corrected chi connectivity index (χ0v) is 12.7. The van der Waals surface area contributed by atoms with Crippen LogP contribution in [-0.4, -0.2) is 53.6 Å². The molecule has 21 heavy (non-hydrogen) atoms. The summed E-state index contributed by atoms with van der Waals surface area (Å²) in [6.45, 7) is 6.16. The van der Waals surface area contributed by atoms with Gasteiger partial charge in [0, 0.05) is 32.2 Å². The van der Waals surface area contributed by atoms with Crippen molar-refractivity contribution in [3.05, 3.63) is 35.4 Å². The van der Waals surface area contributed by atoms with Crippen molar-refractivity contribution in [1.29, 1.82) is 0 Å². The summed E-state index contributed by atoms with van der Waals surface area (Å²) < 4.78 is 0. The van der Waals surface area contributed by atoms with E-state index in [1.54, 1.807) is 0 Å². The van der Waals surface area contributed by atoms with E-state index in [4.69, 9.17) is 5.11 Å². The molecule has 2 aliphatic rings. The fourth-order valence-corrected chi connectivity index (χ4v) is 3.79. The third-order valence-electron chi connectivity index (χ3n) is 4.97. The lowest BCUT2D eigenvalue weighted by Crippen LogP contribution is -2.49. The summed E-state index contributed by atoms with van der Waals surface area (Å²) >= 11 is 0. The highest BCUT2D eigenvalue weighted by molar-refractivity contribution is 5.69. The highest BCUT2D eigenvalue weighted by atomic mass is 16.4. The van der Waals surface area contributed by atoms with Gasteiger partial charge in [0.1, 0.15) is 0 Å².